The molecule has 0 amide bonds. The summed E-state index contributed by atoms with van der Waals surface area (Å²) in [6.07, 6.45) is 3.13. The number of rotatable bonds is 3. The van der Waals surface area contributed by atoms with Crippen LogP contribution in [0.15, 0.2) is 60.4 Å². The van der Waals surface area contributed by atoms with Gasteiger partial charge in [-0.3, -0.25) is 4.98 Å². The van der Waals surface area contributed by atoms with Crippen LogP contribution in [0.3, 0.4) is 0 Å². The van der Waals surface area contributed by atoms with Gasteiger partial charge in [-0.15, -0.1) is 0 Å². The molecular weight excluding hydrogens is 236 g/mol. The molecule has 0 aliphatic carbocycles. The summed E-state index contributed by atoms with van der Waals surface area (Å²) in [5.41, 5.74) is 2.76. The second-order valence-electron chi connectivity index (χ2n) is 3.72. The number of benzene rings is 1. The molecule has 4 heteroatoms. The zero-order valence-electron chi connectivity index (χ0n) is 10.0. The van der Waals surface area contributed by atoms with E-state index >= 15 is 0 Å². The summed E-state index contributed by atoms with van der Waals surface area (Å²) in [6, 6.07) is 16.9. The van der Waals surface area contributed by atoms with Gasteiger partial charge in [0.15, 0.2) is 0 Å². The SMILES string of the molecule is N#CC(C#N)=CNc1ccc(-c2ccccn2)cc1. The van der Waals surface area contributed by atoms with Crippen molar-refractivity contribution in [3.8, 4) is 23.4 Å². The number of pyridine rings is 1. The summed E-state index contributed by atoms with van der Waals surface area (Å²) >= 11 is 0. The van der Waals surface area contributed by atoms with Crippen LogP contribution in [0.5, 0.6) is 0 Å². The first-order chi connectivity index (χ1) is 9.33. The van der Waals surface area contributed by atoms with Crippen molar-refractivity contribution in [1.29, 1.82) is 10.5 Å². The van der Waals surface area contributed by atoms with E-state index in [2.05, 4.69) is 10.3 Å². The van der Waals surface area contributed by atoms with Gasteiger partial charge in [-0.05, 0) is 24.3 Å². The van der Waals surface area contributed by atoms with Crippen LogP contribution >= 0.6 is 0 Å². The summed E-state index contributed by atoms with van der Waals surface area (Å²) in [4.78, 5) is 4.26. The standard InChI is InChI=1S/C15H10N4/c16-9-12(10-17)11-19-14-6-4-13(5-7-14)15-3-1-2-8-18-15/h1-8,11,19H. The van der Waals surface area contributed by atoms with Gasteiger partial charge in [-0.1, -0.05) is 18.2 Å². The molecule has 0 unspecified atom stereocenters. The van der Waals surface area contributed by atoms with Crippen molar-refractivity contribution in [2.75, 3.05) is 5.32 Å². The molecule has 1 aromatic carbocycles. The second-order valence-corrected chi connectivity index (χ2v) is 3.72. The number of hydrogen-bond donors (Lipinski definition) is 1. The minimum Gasteiger partial charge on any atom is -0.360 e. The Kier molecular flexibility index (Phi) is 3.90. The Labute approximate surface area is 111 Å². The molecule has 0 saturated heterocycles. The largest absolute Gasteiger partial charge is 0.360 e. The molecule has 0 atom stereocenters. The van der Waals surface area contributed by atoms with E-state index in [1.54, 1.807) is 18.3 Å². The smallest absolute Gasteiger partial charge is 0.145 e. The number of nitrogens with one attached hydrogen (secondary N) is 1. The maximum atomic E-state index is 8.61. The maximum Gasteiger partial charge on any atom is 0.145 e. The van der Waals surface area contributed by atoms with E-state index in [1.165, 1.54) is 6.20 Å². The van der Waals surface area contributed by atoms with Gasteiger partial charge in [0.2, 0.25) is 0 Å². The Morgan fingerprint density at radius 3 is 2.37 bits per heavy atom. The fourth-order valence-electron chi connectivity index (χ4n) is 1.52. The Morgan fingerprint density at radius 1 is 1.05 bits per heavy atom. The molecule has 19 heavy (non-hydrogen) atoms. The van der Waals surface area contributed by atoms with Crippen molar-refractivity contribution in [2.45, 2.75) is 0 Å². The van der Waals surface area contributed by atoms with E-state index in [0.717, 1.165) is 16.9 Å². The van der Waals surface area contributed by atoms with Crippen LogP contribution in [0, 0.1) is 22.7 Å². The molecule has 1 heterocycles. The van der Waals surface area contributed by atoms with Gasteiger partial charge in [0.1, 0.15) is 17.7 Å². The van der Waals surface area contributed by atoms with Gasteiger partial charge < -0.3 is 5.32 Å². The predicted octanol–water partition coefficient (Wildman–Crippen LogP) is 3.09. The summed E-state index contributed by atoms with van der Waals surface area (Å²) in [6.45, 7) is 0. The zero-order chi connectivity index (χ0) is 13.5. The first-order valence-corrected chi connectivity index (χ1v) is 5.62. The Balaban J connectivity index is 2.15. The van der Waals surface area contributed by atoms with Crippen LogP contribution in [0.1, 0.15) is 0 Å². The highest BCUT2D eigenvalue weighted by Crippen LogP contribution is 2.19. The van der Waals surface area contributed by atoms with E-state index in [1.807, 2.05) is 42.5 Å². The first-order valence-electron chi connectivity index (χ1n) is 5.62. The number of allylic oxidation sites excluding steroid dienone is 1. The third kappa shape index (κ3) is 3.18. The van der Waals surface area contributed by atoms with Gasteiger partial charge in [-0.2, -0.15) is 10.5 Å². The van der Waals surface area contributed by atoms with Crippen LogP contribution in [0.4, 0.5) is 5.69 Å². The fourth-order valence-corrected chi connectivity index (χ4v) is 1.52. The first kappa shape index (κ1) is 12.3. The molecule has 0 fully saturated rings. The second kappa shape index (κ2) is 6.00. The normalized spacial score (nSPS) is 8.95. The van der Waals surface area contributed by atoms with E-state index in [4.69, 9.17) is 10.5 Å². The van der Waals surface area contributed by atoms with E-state index < -0.39 is 0 Å². The summed E-state index contributed by atoms with van der Waals surface area (Å²) in [5, 5.41) is 20.1. The van der Waals surface area contributed by atoms with Gasteiger partial charge in [0, 0.05) is 23.6 Å². The third-order valence-corrected chi connectivity index (χ3v) is 2.47. The van der Waals surface area contributed by atoms with Crippen LogP contribution in [0.25, 0.3) is 11.3 Å². The molecule has 0 saturated carbocycles. The average molecular weight is 246 g/mol. The number of aromatic nitrogens is 1. The van der Waals surface area contributed by atoms with Crippen molar-refractivity contribution in [1.82, 2.24) is 4.98 Å². The predicted molar refractivity (Wildman–Crippen MR) is 72.6 cm³/mol. The summed E-state index contributed by atoms with van der Waals surface area (Å²) < 4.78 is 0. The Hall–Kier alpha value is -3.11. The third-order valence-electron chi connectivity index (χ3n) is 2.47. The van der Waals surface area contributed by atoms with Crippen molar-refractivity contribution in [2.24, 2.45) is 0 Å². The highest BCUT2D eigenvalue weighted by molar-refractivity contribution is 5.63. The lowest BCUT2D eigenvalue weighted by molar-refractivity contribution is 1.33. The highest BCUT2D eigenvalue weighted by atomic mass is 14.8. The number of anilines is 1. The lowest BCUT2D eigenvalue weighted by Gasteiger charge is -2.03. The number of hydrogen-bond acceptors (Lipinski definition) is 4. The van der Waals surface area contributed by atoms with Crippen molar-refractivity contribution >= 4 is 5.69 Å². The topological polar surface area (TPSA) is 72.5 Å². The lowest BCUT2D eigenvalue weighted by Crippen LogP contribution is -1.90. The highest BCUT2D eigenvalue weighted by Gasteiger charge is 1.98. The molecule has 4 nitrogen and oxygen atoms in total. The van der Waals surface area contributed by atoms with E-state index in [9.17, 15) is 0 Å². The molecule has 0 spiro atoms. The number of nitrogens with zero attached hydrogens (tertiary/aromatic N) is 3. The molecule has 0 aliphatic rings. The lowest BCUT2D eigenvalue weighted by atomic mass is 10.1. The molecule has 1 aromatic heterocycles. The Bertz CT molecular complexity index is 642. The van der Waals surface area contributed by atoms with Crippen molar-refractivity contribution < 1.29 is 0 Å². The molecule has 2 aromatic rings. The molecule has 1 N–H and O–H groups in total. The molecule has 0 aliphatic heterocycles. The van der Waals surface area contributed by atoms with Gasteiger partial charge >= 0.3 is 0 Å². The summed E-state index contributed by atoms with van der Waals surface area (Å²) in [7, 11) is 0. The van der Waals surface area contributed by atoms with Crippen LogP contribution in [-0.4, -0.2) is 4.98 Å². The molecule has 2 rings (SSSR count). The average Bonchev–Trinajstić information content (AvgIpc) is 2.50. The van der Waals surface area contributed by atoms with Gasteiger partial charge in [0.05, 0.1) is 5.69 Å². The van der Waals surface area contributed by atoms with Crippen LogP contribution in [0.2, 0.25) is 0 Å². The van der Waals surface area contributed by atoms with Crippen molar-refractivity contribution in [3.63, 3.8) is 0 Å². The van der Waals surface area contributed by atoms with Crippen LogP contribution < -0.4 is 5.32 Å². The zero-order valence-corrected chi connectivity index (χ0v) is 10.0. The molecule has 0 bridgehead atoms. The van der Waals surface area contributed by atoms with E-state index in [0.29, 0.717) is 0 Å². The molecular formula is C15H10N4. The molecule has 90 valence electrons. The fraction of sp³-hybridized carbons (Fsp3) is 0. The Morgan fingerprint density at radius 2 is 1.79 bits per heavy atom. The number of nitriles is 2. The maximum absolute atomic E-state index is 8.61. The minimum absolute atomic E-state index is 0.0359. The molecule has 0 radical (unpaired) electrons. The summed E-state index contributed by atoms with van der Waals surface area (Å²) in [5.74, 6) is 0. The quantitative estimate of drug-likeness (QED) is 0.844. The van der Waals surface area contributed by atoms with Crippen LogP contribution in [-0.2, 0) is 0 Å². The van der Waals surface area contributed by atoms with Gasteiger partial charge in [0.25, 0.3) is 0 Å². The van der Waals surface area contributed by atoms with Crippen molar-refractivity contribution in [3.05, 3.63) is 60.4 Å². The van der Waals surface area contributed by atoms with Gasteiger partial charge in [-0.25, -0.2) is 0 Å². The van der Waals surface area contributed by atoms with E-state index in [-0.39, 0.29) is 5.57 Å². The minimum atomic E-state index is 0.0359. The monoisotopic (exact) mass is 246 g/mol.